The predicted octanol–water partition coefficient (Wildman–Crippen LogP) is -1.75. The molecule has 0 aliphatic rings. The summed E-state index contributed by atoms with van der Waals surface area (Å²) < 4.78 is 3.12. The van der Waals surface area contributed by atoms with Gasteiger partial charge in [0, 0.05) is 0 Å². The van der Waals surface area contributed by atoms with E-state index in [1.807, 2.05) is 0 Å². The summed E-state index contributed by atoms with van der Waals surface area (Å²) in [4.78, 5) is 0. The second-order valence-electron chi connectivity index (χ2n) is 0.487. The molecular formula is H6BrNSi2. The summed E-state index contributed by atoms with van der Waals surface area (Å²) >= 11 is 3.31. The highest BCUT2D eigenvalue weighted by Gasteiger charge is 1.56. The first kappa shape index (κ1) is 4.87. The van der Waals surface area contributed by atoms with E-state index >= 15 is 0 Å². The van der Waals surface area contributed by atoms with Gasteiger partial charge in [0.2, 0.25) is 0 Å². The van der Waals surface area contributed by atoms with Gasteiger partial charge in [0.25, 0.3) is 0 Å². The first-order valence-corrected chi connectivity index (χ1v) is 6.73. The lowest BCUT2D eigenvalue weighted by Gasteiger charge is -1.72. The van der Waals surface area contributed by atoms with Crippen molar-refractivity contribution in [3.8, 4) is 0 Å². The molecule has 26 valence electrons. The minimum absolute atomic E-state index is 0.0486. The van der Waals surface area contributed by atoms with Crippen molar-refractivity contribution in [2.75, 3.05) is 0 Å². The van der Waals surface area contributed by atoms with Crippen LogP contribution in [0.15, 0.2) is 0 Å². The lowest BCUT2D eigenvalue weighted by molar-refractivity contribution is 1.67. The molecule has 0 saturated carbocycles. The molecule has 0 amide bonds. The molecule has 0 rings (SSSR count). The highest BCUT2D eigenvalue weighted by Crippen LogP contribution is 1.57. The van der Waals surface area contributed by atoms with Gasteiger partial charge in [-0.2, -0.15) is 0 Å². The van der Waals surface area contributed by atoms with Crippen molar-refractivity contribution in [1.82, 2.24) is 4.65 Å². The first-order chi connectivity index (χ1) is 1.91. The molecule has 0 aromatic rings. The van der Waals surface area contributed by atoms with E-state index in [9.17, 15) is 0 Å². The molecule has 0 saturated heterocycles. The van der Waals surface area contributed by atoms with Crippen LogP contribution in [0, 0.1) is 0 Å². The molecule has 0 atom stereocenters. The minimum atomic E-state index is 0.0486. The van der Waals surface area contributed by atoms with Gasteiger partial charge in [0.05, 0.1) is 10.4 Å². The lowest BCUT2D eigenvalue weighted by Crippen LogP contribution is -2.06. The Hall–Kier alpha value is 0.874. The fourth-order valence-corrected chi connectivity index (χ4v) is 0. The molecule has 1 N–H and O–H groups in total. The Bertz CT molecular complexity index is 8.00. The number of rotatable bonds is 1. The third-order valence-electron chi connectivity index (χ3n) is 0.134. The average molecular weight is 156 g/mol. The van der Waals surface area contributed by atoms with Gasteiger partial charge in [-0.3, -0.25) is 0 Å². The maximum Gasteiger partial charge on any atom is 0.161 e. The fraction of sp³-hybridized carbons (Fsp3) is 0. The summed E-state index contributed by atoms with van der Waals surface area (Å²) in [6.07, 6.45) is 0. The number of nitrogens with one attached hydrogen (secondary N) is 1. The first-order valence-electron chi connectivity index (χ1n) is 1.12. The van der Waals surface area contributed by atoms with Crippen LogP contribution in [0.3, 0.4) is 0 Å². The zero-order valence-electron chi connectivity index (χ0n) is 2.59. The summed E-state index contributed by atoms with van der Waals surface area (Å²) in [5, 5.41) is 0. The summed E-state index contributed by atoms with van der Waals surface area (Å²) in [6, 6.07) is 0. The van der Waals surface area contributed by atoms with Gasteiger partial charge in [0.1, 0.15) is 0 Å². The molecule has 0 aliphatic carbocycles. The highest BCUT2D eigenvalue weighted by molar-refractivity contribution is 9.23. The third-order valence-corrected chi connectivity index (χ3v) is 6.25. The smallest absolute Gasteiger partial charge is 0.161 e. The number of hydrogen-bond acceptors (Lipinski definition) is 1. The van der Waals surface area contributed by atoms with Crippen molar-refractivity contribution in [2.45, 2.75) is 0 Å². The Morgan fingerprint density at radius 3 is 2.25 bits per heavy atom. The Morgan fingerprint density at radius 1 is 2.00 bits per heavy atom. The standard InChI is InChI=1S/BrH6NSi2/c1-4-2-3/h2H,4H2,3H3. The van der Waals surface area contributed by atoms with Gasteiger partial charge < -0.3 is 4.65 Å². The second kappa shape index (κ2) is 3.87. The highest BCUT2D eigenvalue weighted by atomic mass is 79.9. The van der Waals surface area contributed by atoms with E-state index in [0.717, 1.165) is 10.4 Å². The van der Waals surface area contributed by atoms with E-state index < -0.39 is 0 Å². The van der Waals surface area contributed by atoms with Crippen molar-refractivity contribution in [3.63, 3.8) is 0 Å². The van der Waals surface area contributed by atoms with Crippen molar-refractivity contribution in [1.29, 1.82) is 0 Å². The largest absolute Gasteiger partial charge is 0.363 e. The van der Waals surface area contributed by atoms with E-state index in [1.165, 1.54) is 0 Å². The molecule has 0 heterocycles. The molecule has 0 spiro atoms. The van der Waals surface area contributed by atoms with E-state index in [-0.39, 0.29) is 8.30 Å². The third kappa shape index (κ3) is 2.87. The molecule has 0 radical (unpaired) electrons. The molecule has 4 heavy (non-hydrogen) atoms. The van der Waals surface area contributed by atoms with Crippen LogP contribution in [0.5, 0.6) is 0 Å². The zero-order chi connectivity index (χ0) is 3.41. The van der Waals surface area contributed by atoms with E-state index in [1.54, 1.807) is 0 Å². The average Bonchev–Trinajstić information content (AvgIpc) is 1.37. The second-order valence-corrected chi connectivity index (χ2v) is 5.27. The van der Waals surface area contributed by atoms with Crippen LogP contribution in [0.1, 0.15) is 0 Å². The van der Waals surface area contributed by atoms with Crippen LogP contribution in [-0.2, 0) is 0 Å². The van der Waals surface area contributed by atoms with Crippen LogP contribution in [-0.4, -0.2) is 18.7 Å². The Kier molecular flexibility index (Phi) is 4.72. The van der Waals surface area contributed by atoms with Gasteiger partial charge in [-0.25, -0.2) is 0 Å². The van der Waals surface area contributed by atoms with Gasteiger partial charge in [-0.15, -0.1) is 15.3 Å². The van der Waals surface area contributed by atoms with Crippen molar-refractivity contribution in [3.05, 3.63) is 0 Å². The molecule has 0 aromatic carbocycles. The summed E-state index contributed by atoms with van der Waals surface area (Å²) in [6.45, 7) is 0. The predicted molar refractivity (Wildman–Crippen MR) is 30.5 cm³/mol. The maximum absolute atomic E-state index is 3.31. The molecule has 0 aromatic heterocycles. The molecule has 0 bridgehead atoms. The SMILES string of the molecule is [SiH3]N[SiH2]Br. The Balaban J connectivity index is 1.97. The zero-order valence-corrected chi connectivity index (χ0v) is 7.59. The quantitative estimate of drug-likeness (QED) is 0.350. The molecule has 0 fully saturated rings. The minimum Gasteiger partial charge on any atom is -0.363 e. The van der Waals surface area contributed by atoms with Crippen molar-refractivity contribution >= 4 is 34.0 Å². The molecule has 4 heteroatoms. The number of hydrogen-bond donors (Lipinski definition) is 1. The monoisotopic (exact) mass is 155 g/mol. The normalized spacial score (nSPS) is 11.2. The van der Waals surface area contributed by atoms with Gasteiger partial charge in [-0.1, -0.05) is 0 Å². The molecule has 1 nitrogen and oxygen atoms in total. The van der Waals surface area contributed by atoms with E-state index in [2.05, 4.69) is 19.9 Å². The van der Waals surface area contributed by atoms with E-state index in [0.29, 0.717) is 0 Å². The van der Waals surface area contributed by atoms with Crippen molar-refractivity contribution < 1.29 is 0 Å². The summed E-state index contributed by atoms with van der Waals surface area (Å²) in [7, 11) is 1.20. The van der Waals surface area contributed by atoms with Crippen molar-refractivity contribution in [2.24, 2.45) is 0 Å². The van der Waals surface area contributed by atoms with Crippen LogP contribution >= 0.6 is 15.3 Å². The fourth-order valence-electron chi connectivity index (χ4n) is 0. The Labute approximate surface area is 39.1 Å². The lowest BCUT2D eigenvalue weighted by atomic mass is 13.9. The maximum atomic E-state index is 3.31. The van der Waals surface area contributed by atoms with Gasteiger partial charge >= 0.3 is 0 Å². The molecular weight excluding hydrogens is 150 g/mol. The van der Waals surface area contributed by atoms with Crippen LogP contribution in [0.4, 0.5) is 0 Å². The van der Waals surface area contributed by atoms with Gasteiger partial charge in [0.15, 0.2) is 8.30 Å². The molecule has 0 unspecified atom stereocenters. The van der Waals surface area contributed by atoms with Crippen LogP contribution in [0.25, 0.3) is 0 Å². The Morgan fingerprint density at radius 2 is 2.25 bits per heavy atom. The van der Waals surface area contributed by atoms with Crippen LogP contribution < -0.4 is 4.65 Å². The van der Waals surface area contributed by atoms with Crippen LogP contribution in [0.2, 0.25) is 0 Å². The van der Waals surface area contributed by atoms with E-state index in [4.69, 9.17) is 0 Å². The number of halogens is 1. The van der Waals surface area contributed by atoms with Gasteiger partial charge in [-0.05, 0) is 0 Å². The molecule has 0 aliphatic heterocycles. The summed E-state index contributed by atoms with van der Waals surface area (Å²) in [5.41, 5.74) is 0. The summed E-state index contributed by atoms with van der Waals surface area (Å²) in [5.74, 6) is 0. The topological polar surface area (TPSA) is 12.0 Å².